The van der Waals surface area contributed by atoms with Crippen LogP contribution >= 0.6 is 0 Å². The second-order valence-corrected chi connectivity index (χ2v) is 5.62. The van der Waals surface area contributed by atoms with Crippen molar-refractivity contribution < 1.29 is 4.74 Å². The monoisotopic (exact) mass is 278 g/mol. The highest BCUT2D eigenvalue weighted by Crippen LogP contribution is 2.35. The van der Waals surface area contributed by atoms with E-state index in [0.29, 0.717) is 5.92 Å². The highest BCUT2D eigenvalue weighted by molar-refractivity contribution is 5.91. The van der Waals surface area contributed by atoms with Gasteiger partial charge in [-0.2, -0.15) is 0 Å². The molecule has 0 saturated heterocycles. The first-order valence-corrected chi connectivity index (χ1v) is 7.38. The van der Waals surface area contributed by atoms with Crippen LogP contribution in [-0.2, 0) is 6.54 Å². The summed E-state index contributed by atoms with van der Waals surface area (Å²) in [4.78, 5) is 0. The fourth-order valence-electron chi connectivity index (χ4n) is 3.25. The van der Waals surface area contributed by atoms with Gasteiger partial charge >= 0.3 is 0 Å². The van der Waals surface area contributed by atoms with Crippen LogP contribution in [0.15, 0.2) is 54.7 Å². The third-order valence-corrected chi connectivity index (χ3v) is 4.35. The van der Waals surface area contributed by atoms with Gasteiger partial charge in [0.1, 0.15) is 5.75 Å². The molecule has 106 valence electrons. The summed E-state index contributed by atoms with van der Waals surface area (Å²) in [5.41, 5.74) is 9.41. The number of anilines is 1. The third kappa shape index (κ3) is 2.05. The van der Waals surface area contributed by atoms with E-state index in [2.05, 4.69) is 41.1 Å². The van der Waals surface area contributed by atoms with Crippen LogP contribution in [0.1, 0.15) is 17.9 Å². The second kappa shape index (κ2) is 4.85. The number of nitrogens with two attached hydrogens (primary N) is 1. The number of rotatable bonds is 2. The normalized spacial score (nSPS) is 17.4. The van der Waals surface area contributed by atoms with Crippen LogP contribution in [0.5, 0.6) is 5.75 Å². The van der Waals surface area contributed by atoms with Crippen LogP contribution in [0.4, 0.5) is 5.69 Å². The van der Waals surface area contributed by atoms with Gasteiger partial charge in [-0.3, -0.25) is 0 Å². The highest BCUT2D eigenvalue weighted by Gasteiger charge is 2.21. The molecule has 0 fully saturated rings. The van der Waals surface area contributed by atoms with E-state index in [0.717, 1.165) is 36.4 Å². The molecule has 0 spiro atoms. The van der Waals surface area contributed by atoms with Crippen molar-refractivity contribution in [2.24, 2.45) is 0 Å². The minimum atomic E-state index is 0.493. The van der Waals surface area contributed by atoms with Gasteiger partial charge in [0, 0.05) is 29.7 Å². The number of hydrogen-bond donors (Lipinski definition) is 1. The molecule has 4 rings (SSSR count). The maximum atomic E-state index is 6.05. The lowest BCUT2D eigenvalue weighted by molar-refractivity contribution is 0.259. The van der Waals surface area contributed by atoms with E-state index in [-0.39, 0.29) is 0 Å². The van der Waals surface area contributed by atoms with E-state index in [9.17, 15) is 0 Å². The number of aromatic nitrogens is 1. The van der Waals surface area contributed by atoms with Gasteiger partial charge in [-0.25, -0.2) is 0 Å². The molecule has 2 aromatic carbocycles. The minimum absolute atomic E-state index is 0.493. The summed E-state index contributed by atoms with van der Waals surface area (Å²) in [6.45, 7) is 1.76. The van der Waals surface area contributed by atoms with Crippen molar-refractivity contribution in [3.8, 4) is 5.75 Å². The lowest BCUT2D eigenvalue weighted by Crippen LogP contribution is -2.18. The summed E-state index contributed by atoms with van der Waals surface area (Å²) < 4.78 is 8.05. The molecule has 0 radical (unpaired) electrons. The summed E-state index contributed by atoms with van der Waals surface area (Å²) in [6, 6.07) is 16.6. The Morgan fingerprint density at radius 2 is 2.00 bits per heavy atom. The number of benzene rings is 2. The Kier molecular flexibility index (Phi) is 2.85. The third-order valence-electron chi connectivity index (χ3n) is 4.35. The van der Waals surface area contributed by atoms with E-state index in [4.69, 9.17) is 10.5 Å². The number of para-hydroxylation sites is 1. The Morgan fingerprint density at radius 3 is 2.95 bits per heavy atom. The molecule has 0 saturated carbocycles. The van der Waals surface area contributed by atoms with Crippen molar-refractivity contribution in [1.29, 1.82) is 0 Å². The summed E-state index contributed by atoms with van der Waals surface area (Å²) >= 11 is 0. The molecular weight excluding hydrogens is 260 g/mol. The van der Waals surface area contributed by atoms with Gasteiger partial charge in [-0.05, 0) is 36.2 Å². The van der Waals surface area contributed by atoms with Gasteiger partial charge in [0.15, 0.2) is 0 Å². The van der Waals surface area contributed by atoms with Crippen LogP contribution in [0.3, 0.4) is 0 Å². The van der Waals surface area contributed by atoms with E-state index in [1.165, 1.54) is 11.1 Å². The smallest absolute Gasteiger partial charge is 0.122 e. The van der Waals surface area contributed by atoms with Crippen molar-refractivity contribution in [3.05, 3.63) is 60.3 Å². The van der Waals surface area contributed by atoms with E-state index in [1.807, 2.05) is 18.2 Å². The molecule has 3 nitrogen and oxygen atoms in total. The number of nitrogens with zero attached hydrogens (tertiary/aromatic N) is 1. The Bertz CT molecular complexity index is 791. The van der Waals surface area contributed by atoms with Crippen LogP contribution in [-0.4, -0.2) is 11.2 Å². The molecule has 1 aliphatic heterocycles. The molecule has 21 heavy (non-hydrogen) atoms. The van der Waals surface area contributed by atoms with Crippen LogP contribution in [0, 0.1) is 0 Å². The Morgan fingerprint density at radius 1 is 1.10 bits per heavy atom. The predicted octanol–water partition coefficient (Wildman–Crippen LogP) is 3.79. The average molecular weight is 278 g/mol. The summed E-state index contributed by atoms with van der Waals surface area (Å²) in [6.07, 6.45) is 3.19. The standard InChI is InChI=1S/C18H18N2O/c19-16-5-3-6-17-15(16)8-10-20(17)12-13-9-11-21-18-7-2-1-4-14(13)18/h1-8,10,13H,9,11-12,19H2. The number of fused-ring (bicyclic) bond motifs is 2. The molecule has 2 heterocycles. The molecule has 2 N–H and O–H groups in total. The molecule has 0 aliphatic carbocycles. The molecule has 3 heteroatoms. The van der Waals surface area contributed by atoms with Crippen LogP contribution in [0.2, 0.25) is 0 Å². The summed E-state index contributed by atoms with van der Waals surface area (Å²) in [5, 5.41) is 1.14. The quantitative estimate of drug-likeness (QED) is 0.724. The minimum Gasteiger partial charge on any atom is -0.493 e. The first kappa shape index (κ1) is 12.3. The lowest BCUT2D eigenvalue weighted by Gasteiger charge is -2.26. The molecule has 0 amide bonds. The fraction of sp³-hybridized carbons (Fsp3) is 0.222. The maximum absolute atomic E-state index is 6.05. The van der Waals surface area contributed by atoms with E-state index < -0.39 is 0 Å². The van der Waals surface area contributed by atoms with Gasteiger partial charge in [0.2, 0.25) is 0 Å². The van der Waals surface area contributed by atoms with Crippen molar-refractivity contribution in [2.75, 3.05) is 12.3 Å². The molecule has 1 aromatic heterocycles. The molecule has 1 aliphatic rings. The largest absolute Gasteiger partial charge is 0.493 e. The van der Waals surface area contributed by atoms with Gasteiger partial charge < -0.3 is 15.0 Å². The second-order valence-electron chi connectivity index (χ2n) is 5.62. The first-order valence-electron chi connectivity index (χ1n) is 7.38. The zero-order valence-corrected chi connectivity index (χ0v) is 11.8. The number of nitrogen functional groups attached to an aromatic ring is 1. The molecule has 1 atom stereocenters. The van der Waals surface area contributed by atoms with Crippen molar-refractivity contribution >= 4 is 16.6 Å². The summed E-state index contributed by atoms with van der Waals surface area (Å²) in [7, 11) is 0. The molecule has 1 unspecified atom stereocenters. The number of hydrogen-bond acceptors (Lipinski definition) is 2. The maximum Gasteiger partial charge on any atom is 0.122 e. The van der Waals surface area contributed by atoms with Crippen molar-refractivity contribution in [3.63, 3.8) is 0 Å². The van der Waals surface area contributed by atoms with Crippen LogP contribution < -0.4 is 10.5 Å². The Labute approximate surface area is 123 Å². The lowest BCUT2D eigenvalue weighted by atomic mass is 9.93. The predicted molar refractivity (Wildman–Crippen MR) is 85.6 cm³/mol. The highest BCUT2D eigenvalue weighted by atomic mass is 16.5. The fourth-order valence-corrected chi connectivity index (χ4v) is 3.25. The van der Waals surface area contributed by atoms with E-state index >= 15 is 0 Å². The SMILES string of the molecule is Nc1cccc2c1ccn2CC1CCOc2ccccc21. The zero-order valence-electron chi connectivity index (χ0n) is 11.8. The van der Waals surface area contributed by atoms with Gasteiger partial charge in [0.05, 0.1) is 12.1 Å². The topological polar surface area (TPSA) is 40.2 Å². The Balaban J connectivity index is 1.71. The van der Waals surface area contributed by atoms with Crippen molar-refractivity contribution in [2.45, 2.75) is 18.9 Å². The molecular formula is C18H18N2O. The summed E-state index contributed by atoms with van der Waals surface area (Å²) in [5.74, 6) is 1.52. The zero-order chi connectivity index (χ0) is 14.2. The van der Waals surface area contributed by atoms with Gasteiger partial charge in [-0.15, -0.1) is 0 Å². The van der Waals surface area contributed by atoms with Crippen molar-refractivity contribution in [1.82, 2.24) is 4.57 Å². The van der Waals surface area contributed by atoms with Gasteiger partial charge in [0.25, 0.3) is 0 Å². The van der Waals surface area contributed by atoms with Gasteiger partial charge in [-0.1, -0.05) is 24.3 Å². The van der Waals surface area contributed by atoms with Crippen LogP contribution in [0.25, 0.3) is 10.9 Å². The first-order chi connectivity index (χ1) is 10.3. The Hall–Kier alpha value is -2.42. The van der Waals surface area contributed by atoms with E-state index in [1.54, 1.807) is 0 Å². The molecule has 0 bridgehead atoms. The average Bonchev–Trinajstić information content (AvgIpc) is 2.92. The molecule has 3 aromatic rings. The number of ether oxygens (including phenoxy) is 1.